The highest BCUT2D eigenvalue weighted by atomic mass is 32.2. The largest absolute Gasteiger partial charge is 0.353 e. The standard InChI is InChI=1S/C14H24N2O2S/c1-3-9-19(17,18)10-8-16-7-6-13(11-16)14(15-2)12-4-5-12/h6-7,11-12,14-15H,3-5,8-10H2,1-2H3. The molecule has 1 heterocycles. The summed E-state index contributed by atoms with van der Waals surface area (Å²) in [6.45, 7) is 2.46. The highest BCUT2D eigenvalue weighted by Crippen LogP contribution is 2.40. The third-order valence-corrected chi connectivity index (χ3v) is 5.55. The molecule has 1 atom stereocenters. The van der Waals surface area contributed by atoms with Crippen LogP contribution in [0.5, 0.6) is 0 Å². The van der Waals surface area contributed by atoms with Crippen LogP contribution in [0.15, 0.2) is 18.5 Å². The van der Waals surface area contributed by atoms with Crippen molar-refractivity contribution in [3.63, 3.8) is 0 Å². The summed E-state index contributed by atoms with van der Waals surface area (Å²) in [6.07, 6.45) is 7.36. The van der Waals surface area contributed by atoms with Crippen LogP contribution in [0.3, 0.4) is 0 Å². The lowest BCUT2D eigenvalue weighted by atomic mass is 10.1. The molecule has 4 nitrogen and oxygen atoms in total. The van der Waals surface area contributed by atoms with Gasteiger partial charge in [0.15, 0.2) is 9.84 Å². The number of hydrogen-bond donors (Lipinski definition) is 1. The predicted molar refractivity (Wildman–Crippen MR) is 77.9 cm³/mol. The predicted octanol–water partition coefficient (Wildman–Crippen LogP) is 1.98. The highest BCUT2D eigenvalue weighted by molar-refractivity contribution is 7.91. The van der Waals surface area contributed by atoms with Gasteiger partial charge in [0.1, 0.15) is 0 Å². The van der Waals surface area contributed by atoms with Crippen LogP contribution in [0.2, 0.25) is 0 Å². The summed E-state index contributed by atoms with van der Waals surface area (Å²) in [6, 6.07) is 2.53. The van der Waals surface area contributed by atoms with E-state index in [0.29, 0.717) is 24.8 Å². The number of nitrogens with zero attached hydrogens (tertiary/aromatic N) is 1. The van der Waals surface area contributed by atoms with Gasteiger partial charge in [0, 0.05) is 30.7 Å². The number of nitrogens with one attached hydrogen (secondary N) is 1. The van der Waals surface area contributed by atoms with Crippen molar-refractivity contribution in [1.82, 2.24) is 9.88 Å². The molecule has 1 aromatic rings. The number of hydrogen-bond acceptors (Lipinski definition) is 3. The first-order chi connectivity index (χ1) is 9.05. The van der Waals surface area contributed by atoms with Gasteiger partial charge in [-0.15, -0.1) is 0 Å². The second-order valence-electron chi connectivity index (χ2n) is 5.44. The van der Waals surface area contributed by atoms with E-state index in [1.54, 1.807) is 0 Å². The maximum absolute atomic E-state index is 11.7. The summed E-state index contributed by atoms with van der Waals surface area (Å²) in [5, 5.41) is 3.35. The van der Waals surface area contributed by atoms with Crippen molar-refractivity contribution in [3.8, 4) is 0 Å². The third kappa shape index (κ3) is 4.08. The SMILES string of the molecule is CCCS(=O)(=O)CCn1ccc(C(NC)C2CC2)c1. The average molecular weight is 284 g/mol. The zero-order chi connectivity index (χ0) is 13.9. The van der Waals surface area contributed by atoms with E-state index in [2.05, 4.69) is 17.6 Å². The third-order valence-electron chi connectivity index (χ3n) is 3.71. The maximum atomic E-state index is 11.7. The molecule has 1 aromatic heterocycles. The Bertz CT molecular complexity index is 503. The molecule has 0 saturated heterocycles. The van der Waals surface area contributed by atoms with Gasteiger partial charge in [-0.2, -0.15) is 0 Å². The smallest absolute Gasteiger partial charge is 0.152 e. The first-order valence-corrected chi connectivity index (χ1v) is 8.91. The van der Waals surface area contributed by atoms with Gasteiger partial charge in [0.25, 0.3) is 0 Å². The first-order valence-electron chi connectivity index (χ1n) is 7.09. The quantitative estimate of drug-likeness (QED) is 0.794. The molecular formula is C14H24N2O2S. The summed E-state index contributed by atoms with van der Waals surface area (Å²) in [5.41, 5.74) is 1.28. The topological polar surface area (TPSA) is 51.1 Å². The summed E-state index contributed by atoms with van der Waals surface area (Å²) in [4.78, 5) is 0. The summed E-state index contributed by atoms with van der Waals surface area (Å²) in [7, 11) is -0.895. The lowest BCUT2D eigenvalue weighted by Crippen LogP contribution is -2.18. The Kier molecular flexibility index (Phi) is 4.68. The van der Waals surface area contributed by atoms with Crippen LogP contribution in [0.4, 0.5) is 0 Å². The van der Waals surface area contributed by atoms with Crippen LogP contribution < -0.4 is 5.32 Å². The Hall–Kier alpha value is -0.810. The Morgan fingerprint density at radius 3 is 2.74 bits per heavy atom. The number of rotatable bonds is 8. The van der Waals surface area contributed by atoms with Crippen molar-refractivity contribution in [2.24, 2.45) is 5.92 Å². The molecule has 0 spiro atoms. The Balaban J connectivity index is 1.93. The zero-order valence-corrected chi connectivity index (χ0v) is 12.6. The van der Waals surface area contributed by atoms with Gasteiger partial charge < -0.3 is 9.88 Å². The van der Waals surface area contributed by atoms with E-state index in [0.717, 1.165) is 5.92 Å². The fourth-order valence-electron chi connectivity index (χ4n) is 2.54. The number of aromatic nitrogens is 1. The molecular weight excluding hydrogens is 260 g/mol. The van der Waals surface area contributed by atoms with E-state index in [4.69, 9.17) is 0 Å². The molecule has 0 amide bonds. The maximum Gasteiger partial charge on any atom is 0.152 e. The second-order valence-corrected chi connectivity index (χ2v) is 7.74. The van der Waals surface area contributed by atoms with E-state index < -0.39 is 9.84 Å². The normalized spacial score (nSPS) is 17.6. The average Bonchev–Trinajstić information content (AvgIpc) is 3.07. The van der Waals surface area contributed by atoms with E-state index >= 15 is 0 Å². The molecule has 2 rings (SSSR count). The second kappa shape index (κ2) is 6.09. The van der Waals surface area contributed by atoms with Crippen molar-refractivity contribution < 1.29 is 8.42 Å². The van der Waals surface area contributed by atoms with Crippen molar-refractivity contribution >= 4 is 9.84 Å². The van der Waals surface area contributed by atoms with E-state index in [1.807, 2.05) is 24.7 Å². The molecule has 0 bridgehead atoms. The van der Waals surface area contributed by atoms with Crippen LogP contribution in [0.25, 0.3) is 0 Å². The van der Waals surface area contributed by atoms with Gasteiger partial charge in [0.2, 0.25) is 0 Å². The summed E-state index contributed by atoms with van der Waals surface area (Å²) in [5.74, 6) is 1.29. The zero-order valence-electron chi connectivity index (χ0n) is 11.8. The van der Waals surface area contributed by atoms with E-state index in [1.165, 1.54) is 18.4 Å². The van der Waals surface area contributed by atoms with Gasteiger partial charge in [-0.05, 0) is 43.9 Å². The highest BCUT2D eigenvalue weighted by Gasteiger charge is 2.31. The molecule has 1 fully saturated rings. The molecule has 1 unspecified atom stereocenters. The van der Waals surface area contributed by atoms with Gasteiger partial charge >= 0.3 is 0 Å². The molecule has 108 valence electrons. The minimum Gasteiger partial charge on any atom is -0.353 e. The summed E-state index contributed by atoms with van der Waals surface area (Å²) >= 11 is 0. The Morgan fingerprint density at radius 2 is 2.16 bits per heavy atom. The monoisotopic (exact) mass is 284 g/mol. The van der Waals surface area contributed by atoms with Gasteiger partial charge in [-0.1, -0.05) is 6.92 Å². The lowest BCUT2D eigenvalue weighted by molar-refractivity contribution is 0.527. The summed E-state index contributed by atoms with van der Waals surface area (Å²) < 4.78 is 25.4. The van der Waals surface area contributed by atoms with Crippen LogP contribution in [0, 0.1) is 5.92 Å². The molecule has 1 saturated carbocycles. The van der Waals surface area contributed by atoms with E-state index in [9.17, 15) is 8.42 Å². The molecule has 0 radical (unpaired) electrons. The van der Waals surface area contributed by atoms with Crippen molar-refractivity contribution in [2.75, 3.05) is 18.6 Å². The van der Waals surface area contributed by atoms with Crippen LogP contribution in [0.1, 0.15) is 37.8 Å². The minimum atomic E-state index is -2.89. The first kappa shape index (κ1) is 14.6. The molecule has 0 aliphatic heterocycles. The van der Waals surface area contributed by atoms with Crippen molar-refractivity contribution in [1.29, 1.82) is 0 Å². The van der Waals surface area contributed by atoms with Crippen molar-refractivity contribution in [2.45, 2.75) is 38.8 Å². The molecule has 1 N–H and O–H groups in total. The van der Waals surface area contributed by atoms with Gasteiger partial charge in [-0.25, -0.2) is 8.42 Å². The molecule has 1 aliphatic rings. The fraction of sp³-hybridized carbons (Fsp3) is 0.714. The minimum absolute atomic E-state index is 0.239. The van der Waals surface area contributed by atoms with Gasteiger partial charge in [-0.3, -0.25) is 0 Å². The molecule has 5 heteroatoms. The Labute approximate surface area is 116 Å². The molecule has 0 aromatic carbocycles. The van der Waals surface area contributed by atoms with E-state index in [-0.39, 0.29) is 5.75 Å². The van der Waals surface area contributed by atoms with Crippen molar-refractivity contribution in [3.05, 3.63) is 24.0 Å². The Morgan fingerprint density at radius 1 is 1.42 bits per heavy atom. The number of sulfone groups is 1. The molecule has 1 aliphatic carbocycles. The number of aryl methyl sites for hydroxylation is 1. The van der Waals surface area contributed by atoms with Crippen LogP contribution in [-0.2, 0) is 16.4 Å². The van der Waals surface area contributed by atoms with Gasteiger partial charge in [0.05, 0.1) is 5.75 Å². The molecule has 19 heavy (non-hydrogen) atoms. The fourth-order valence-corrected chi connectivity index (χ4v) is 3.86. The lowest BCUT2D eigenvalue weighted by Gasteiger charge is -2.13. The van der Waals surface area contributed by atoms with Crippen LogP contribution in [-0.4, -0.2) is 31.5 Å². The van der Waals surface area contributed by atoms with Crippen LogP contribution >= 0.6 is 0 Å².